The lowest BCUT2D eigenvalue weighted by molar-refractivity contribution is -0.128. The largest absolute Gasteiger partial charge is 0.484 e. The third-order valence-electron chi connectivity index (χ3n) is 4.39. The molecule has 0 aliphatic heterocycles. The highest BCUT2D eigenvalue weighted by atomic mass is 16.5. The number of para-hydroxylation sites is 1. The summed E-state index contributed by atoms with van der Waals surface area (Å²) in [7, 11) is 1.74. The minimum Gasteiger partial charge on any atom is -0.484 e. The van der Waals surface area contributed by atoms with Gasteiger partial charge in [-0.25, -0.2) is 4.68 Å². The van der Waals surface area contributed by atoms with Gasteiger partial charge in [-0.15, -0.1) is 5.10 Å². The zero-order valence-corrected chi connectivity index (χ0v) is 17.1. The van der Waals surface area contributed by atoms with E-state index in [9.17, 15) is 9.59 Å². The van der Waals surface area contributed by atoms with Gasteiger partial charge >= 0.3 is 0 Å². The zero-order chi connectivity index (χ0) is 21.5. The summed E-state index contributed by atoms with van der Waals surface area (Å²) in [6.45, 7) is 3.56. The van der Waals surface area contributed by atoms with Crippen LogP contribution in [0.15, 0.2) is 54.6 Å². The fourth-order valence-corrected chi connectivity index (χ4v) is 2.85. The van der Waals surface area contributed by atoms with Crippen molar-refractivity contribution in [2.45, 2.75) is 19.9 Å². The molecule has 3 aromatic rings. The van der Waals surface area contributed by atoms with Crippen molar-refractivity contribution in [1.29, 1.82) is 0 Å². The fraction of sp³-hybridized carbons (Fsp3) is 0.286. The van der Waals surface area contributed by atoms with E-state index in [0.717, 1.165) is 5.56 Å². The van der Waals surface area contributed by atoms with Gasteiger partial charge in [0.15, 0.2) is 12.4 Å². The van der Waals surface area contributed by atoms with E-state index in [1.807, 2.05) is 38.1 Å². The second-order valence-electron chi connectivity index (χ2n) is 7.09. The molecule has 0 aliphatic carbocycles. The summed E-state index contributed by atoms with van der Waals surface area (Å²) in [5, 5.41) is 17.0. The predicted octanol–water partition coefficient (Wildman–Crippen LogP) is 2.04. The van der Waals surface area contributed by atoms with Crippen molar-refractivity contribution in [3.8, 4) is 17.1 Å². The number of carbonyl (C=O) groups is 2. The summed E-state index contributed by atoms with van der Waals surface area (Å²) in [4.78, 5) is 25.1. The number of ether oxygens (including phenoxy) is 1. The topological polar surface area (TPSA) is 111 Å². The van der Waals surface area contributed by atoms with Crippen LogP contribution in [-0.2, 0) is 16.6 Å². The molecule has 0 spiro atoms. The van der Waals surface area contributed by atoms with Gasteiger partial charge in [0.1, 0.15) is 11.8 Å². The number of carbonyl (C=O) groups excluding carboxylic acids is 2. The van der Waals surface area contributed by atoms with E-state index in [1.54, 1.807) is 42.1 Å². The number of aromatic nitrogens is 4. The second kappa shape index (κ2) is 9.64. The van der Waals surface area contributed by atoms with Gasteiger partial charge in [-0.3, -0.25) is 9.59 Å². The van der Waals surface area contributed by atoms with Gasteiger partial charge in [0.05, 0.1) is 0 Å². The number of hydrogen-bond donors (Lipinski definition) is 2. The Morgan fingerprint density at radius 3 is 2.53 bits per heavy atom. The molecule has 0 saturated heterocycles. The highest BCUT2D eigenvalue weighted by Crippen LogP contribution is 2.20. The number of tetrazole rings is 1. The molecule has 2 N–H and O–H groups in total. The Morgan fingerprint density at radius 1 is 1.10 bits per heavy atom. The van der Waals surface area contributed by atoms with Crippen molar-refractivity contribution in [2.75, 3.05) is 11.9 Å². The maximum Gasteiger partial charge on any atom is 0.258 e. The van der Waals surface area contributed by atoms with Gasteiger partial charge in [-0.1, -0.05) is 44.2 Å². The molecule has 1 aromatic heterocycles. The molecule has 0 radical (unpaired) electrons. The molecule has 1 atom stereocenters. The molecule has 156 valence electrons. The average molecular weight is 408 g/mol. The SMILES string of the molecule is CC(C)C(NC(=O)COc1ccccc1)C(=O)Nc1cccc(-c2nnnn2C)c1. The van der Waals surface area contributed by atoms with Crippen LogP contribution in [0.2, 0.25) is 0 Å². The van der Waals surface area contributed by atoms with Gasteiger partial charge in [-0.05, 0) is 40.6 Å². The molecule has 0 bridgehead atoms. The molecule has 9 heteroatoms. The van der Waals surface area contributed by atoms with E-state index in [2.05, 4.69) is 26.2 Å². The molecule has 2 aromatic carbocycles. The molecule has 1 unspecified atom stereocenters. The summed E-state index contributed by atoms with van der Waals surface area (Å²) < 4.78 is 7.00. The molecule has 0 saturated carbocycles. The first kappa shape index (κ1) is 21.0. The minimum absolute atomic E-state index is 0.114. The first-order chi connectivity index (χ1) is 14.4. The second-order valence-corrected chi connectivity index (χ2v) is 7.09. The Balaban J connectivity index is 1.63. The van der Waals surface area contributed by atoms with Crippen LogP contribution in [0.1, 0.15) is 13.8 Å². The van der Waals surface area contributed by atoms with E-state index in [4.69, 9.17) is 4.74 Å². The van der Waals surface area contributed by atoms with E-state index in [0.29, 0.717) is 17.3 Å². The molecule has 2 amide bonds. The van der Waals surface area contributed by atoms with Gasteiger partial charge in [0.2, 0.25) is 5.91 Å². The Kier molecular flexibility index (Phi) is 6.74. The predicted molar refractivity (Wildman–Crippen MR) is 112 cm³/mol. The number of nitrogens with one attached hydrogen (secondary N) is 2. The van der Waals surface area contributed by atoms with Crippen LogP contribution >= 0.6 is 0 Å². The first-order valence-electron chi connectivity index (χ1n) is 9.55. The maximum absolute atomic E-state index is 12.8. The number of anilines is 1. The highest BCUT2D eigenvalue weighted by Gasteiger charge is 2.24. The van der Waals surface area contributed by atoms with Crippen molar-refractivity contribution in [1.82, 2.24) is 25.5 Å². The van der Waals surface area contributed by atoms with Crippen LogP contribution < -0.4 is 15.4 Å². The standard InChI is InChI=1S/C21H24N6O3/c1-14(2)19(23-18(28)13-30-17-10-5-4-6-11-17)21(29)22-16-9-7-8-15(12-16)20-24-25-26-27(20)3/h4-12,14,19H,13H2,1-3H3,(H,22,29)(H,23,28). The number of amides is 2. The summed E-state index contributed by atoms with van der Waals surface area (Å²) in [6, 6.07) is 15.5. The normalized spacial score (nSPS) is 11.7. The van der Waals surface area contributed by atoms with Crippen LogP contribution in [0.25, 0.3) is 11.4 Å². The lowest BCUT2D eigenvalue weighted by Crippen LogP contribution is -2.48. The van der Waals surface area contributed by atoms with Gasteiger partial charge in [-0.2, -0.15) is 0 Å². The number of rotatable bonds is 8. The van der Waals surface area contributed by atoms with Gasteiger partial charge in [0, 0.05) is 18.3 Å². The lowest BCUT2D eigenvalue weighted by atomic mass is 10.0. The van der Waals surface area contributed by atoms with Crippen LogP contribution in [0.3, 0.4) is 0 Å². The Bertz CT molecular complexity index is 1000. The molecule has 1 heterocycles. The number of aryl methyl sites for hydroxylation is 1. The van der Waals surface area contributed by atoms with Gasteiger partial charge in [0.25, 0.3) is 5.91 Å². The lowest BCUT2D eigenvalue weighted by Gasteiger charge is -2.22. The van der Waals surface area contributed by atoms with Crippen LogP contribution in [0, 0.1) is 5.92 Å². The molecule has 0 aliphatic rings. The zero-order valence-electron chi connectivity index (χ0n) is 17.1. The third kappa shape index (κ3) is 5.40. The third-order valence-corrected chi connectivity index (χ3v) is 4.39. The van der Waals surface area contributed by atoms with E-state index >= 15 is 0 Å². The molecule has 3 rings (SSSR count). The van der Waals surface area contributed by atoms with E-state index in [-0.39, 0.29) is 24.3 Å². The Hall–Kier alpha value is -3.75. The number of benzene rings is 2. The summed E-state index contributed by atoms with van der Waals surface area (Å²) in [6.07, 6.45) is 0. The minimum atomic E-state index is -0.711. The smallest absolute Gasteiger partial charge is 0.258 e. The van der Waals surface area contributed by atoms with Crippen molar-refractivity contribution < 1.29 is 14.3 Å². The van der Waals surface area contributed by atoms with E-state index in [1.165, 1.54) is 0 Å². The summed E-state index contributed by atoms with van der Waals surface area (Å²) >= 11 is 0. The van der Waals surface area contributed by atoms with Crippen LogP contribution in [-0.4, -0.2) is 44.7 Å². The number of nitrogens with zero attached hydrogens (tertiary/aromatic N) is 4. The first-order valence-corrected chi connectivity index (χ1v) is 9.55. The molecular weight excluding hydrogens is 384 g/mol. The van der Waals surface area contributed by atoms with Crippen molar-refractivity contribution in [2.24, 2.45) is 13.0 Å². The highest BCUT2D eigenvalue weighted by molar-refractivity contribution is 5.97. The Labute approximate surface area is 174 Å². The van der Waals surface area contributed by atoms with Crippen molar-refractivity contribution in [3.63, 3.8) is 0 Å². The van der Waals surface area contributed by atoms with Gasteiger partial charge < -0.3 is 15.4 Å². The molecular formula is C21H24N6O3. The number of hydrogen-bond acceptors (Lipinski definition) is 6. The summed E-state index contributed by atoms with van der Waals surface area (Å²) in [5.41, 5.74) is 1.35. The maximum atomic E-state index is 12.8. The van der Waals surface area contributed by atoms with Crippen LogP contribution in [0.4, 0.5) is 5.69 Å². The quantitative estimate of drug-likeness (QED) is 0.590. The van der Waals surface area contributed by atoms with Crippen molar-refractivity contribution >= 4 is 17.5 Å². The molecule has 30 heavy (non-hydrogen) atoms. The van der Waals surface area contributed by atoms with Crippen LogP contribution in [0.5, 0.6) is 5.75 Å². The molecule has 0 fully saturated rings. The average Bonchev–Trinajstić information content (AvgIpc) is 3.17. The summed E-state index contributed by atoms with van der Waals surface area (Å²) in [5.74, 6) is 0.376. The Morgan fingerprint density at radius 2 is 1.87 bits per heavy atom. The van der Waals surface area contributed by atoms with Crippen molar-refractivity contribution in [3.05, 3.63) is 54.6 Å². The van der Waals surface area contributed by atoms with E-state index < -0.39 is 6.04 Å². The monoisotopic (exact) mass is 408 g/mol. The molecule has 9 nitrogen and oxygen atoms in total. The fourth-order valence-electron chi connectivity index (χ4n) is 2.85.